The normalized spacial score (nSPS) is 12.2. The van der Waals surface area contributed by atoms with Crippen LogP contribution in [0.1, 0.15) is 47.0 Å². The fourth-order valence-electron chi connectivity index (χ4n) is 4.56. The Morgan fingerprint density at radius 1 is 0.615 bits per heavy atom. The van der Waals surface area contributed by atoms with Crippen molar-refractivity contribution >= 4 is 18.4 Å². The van der Waals surface area contributed by atoms with Crippen LogP contribution < -0.4 is 14.2 Å². The summed E-state index contributed by atoms with van der Waals surface area (Å²) in [7, 11) is 3.84. The first-order valence-corrected chi connectivity index (χ1v) is 16.3. The van der Waals surface area contributed by atoms with Crippen LogP contribution in [-0.2, 0) is 28.6 Å². The highest BCUT2D eigenvalue weighted by Crippen LogP contribution is 2.38. The molecule has 1 heterocycles. The molecule has 1 aromatic heterocycles. The second-order valence-corrected chi connectivity index (χ2v) is 11.1. The van der Waals surface area contributed by atoms with Crippen LogP contribution >= 0.6 is 0 Å². The van der Waals surface area contributed by atoms with E-state index < -0.39 is 24.1 Å². The van der Waals surface area contributed by atoms with Gasteiger partial charge < -0.3 is 43.7 Å². The number of aromatic hydroxyl groups is 3. The quantitative estimate of drug-likeness (QED) is 0.0774. The summed E-state index contributed by atoms with van der Waals surface area (Å²) < 4.78 is 30.7. The number of aromatic nitrogens is 3. The van der Waals surface area contributed by atoms with Crippen molar-refractivity contribution < 1.29 is 58.1 Å². The maximum absolute atomic E-state index is 12.0. The van der Waals surface area contributed by atoms with Gasteiger partial charge in [0.25, 0.3) is 6.47 Å². The highest BCUT2D eigenvalue weighted by molar-refractivity contribution is 5.77. The number of phenolic OH excluding ortho intramolecular Hbond substituents is 3. The van der Waals surface area contributed by atoms with Gasteiger partial charge in [0, 0.05) is 18.2 Å². The van der Waals surface area contributed by atoms with Gasteiger partial charge in [-0.05, 0) is 62.6 Å². The third-order valence-corrected chi connectivity index (χ3v) is 7.50. The van der Waals surface area contributed by atoms with Crippen LogP contribution in [0.3, 0.4) is 0 Å². The molecule has 52 heavy (non-hydrogen) atoms. The molecule has 0 fully saturated rings. The number of carbonyl (C=O) groups excluding carboxylic acids is 3. The summed E-state index contributed by atoms with van der Waals surface area (Å²) >= 11 is 0. The van der Waals surface area contributed by atoms with Gasteiger partial charge in [0.05, 0.1) is 44.1 Å². The lowest BCUT2D eigenvalue weighted by atomic mass is 10.1. The molecule has 3 unspecified atom stereocenters. The van der Waals surface area contributed by atoms with E-state index in [0.29, 0.717) is 25.1 Å². The van der Waals surface area contributed by atoms with Crippen LogP contribution in [-0.4, -0.2) is 88.3 Å². The minimum absolute atomic E-state index is 0.00913. The fourth-order valence-corrected chi connectivity index (χ4v) is 4.56. The molecule has 278 valence electrons. The van der Waals surface area contributed by atoms with Crippen molar-refractivity contribution in [2.45, 2.75) is 65.3 Å². The lowest BCUT2D eigenvalue weighted by Gasteiger charge is -2.17. The topological polar surface area (TPSA) is 206 Å². The Labute approximate surface area is 301 Å². The van der Waals surface area contributed by atoms with Crippen molar-refractivity contribution in [2.75, 3.05) is 21.3 Å². The number of methoxy groups -OCH3 is 3. The number of benzene rings is 3. The number of phenols is 3. The maximum atomic E-state index is 12.0. The average Bonchev–Trinajstić information content (AvgIpc) is 3.15. The lowest BCUT2D eigenvalue weighted by Crippen LogP contribution is -2.27. The van der Waals surface area contributed by atoms with Gasteiger partial charge in [-0.1, -0.05) is 20.8 Å². The molecule has 0 aliphatic rings. The van der Waals surface area contributed by atoms with Crippen LogP contribution in [0, 0.1) is 0 Å². The zero-order valence-corrected chi connectivity index (χ0v) is 30.0. The number of ether oxygens (including phenoxy) is 6. The summed E-state index contributed by atoms with van der Waals surface area (Å²) in [4.78, 5) is 46.6. The van der Waals surface area contributed by atoms with Crippen LogP contribution in [0.25, 0.3) is 34.2 Å². The van der Waals surface area contributed by atoms with E-state index in [0.717, 1.165) is 6.42 Å². The molecule has 15 heteroatoms. The van der Waals surface area contributed by atoms with Gasteiger partial charge in [-0.25, -0.2) is 24.5 Å². The third-order valence-electron chi connectivity index (χ3n) is 7.50. The molecule has 3 aromatic carbocycles. The zero-order valence-electron chi connectivity index (χ0n) is 30.0. The van der Waals surface area contributed by atoms with E-state index in [-0.39, 0.29) is 69.0 Å². The van der Waals surface area contributed by atoms with Crippen molar-refractivity contribution in [1.82, 2.24) is 15.0 Å². The predicted octanol–water partition coefficient (Wildman–Crippen LogP) is 5.62. The molecular formula is C37H43N3O12. The van der Waals surface area contributed by atoms with E-state index in [4.69, 9.17) is 28.5 Å². The Morgan fingerprint density at radius 3 is 1.19 bits per heavy atom. The number of esters is 2. The molecule has 0 aliphatic carbocycles. The highest BCUT2D eigenvalue weighted by atomic mass is 16.6. The SMILES string of the molecule is CCC(C)Oc1ccc(-c2nc(-c3ccc(OC(CC)C(=O)OC)cc3O)nc(-c3ccc(OC(CC)C(=O)OC)cc3O)n2)c(O)c1.COC=O. The number of nitrogens with zero attached hydrogens (tertiary/aromatic N) is 3. The minimum Gasteiger partial charge on any atom is -0.507 e. The lowest BCUT2D eigenvalue weighted by molar-refractivity contribution is -0.149. The van der Waals surface area contributed by atoms with E-state index in [9.17, 15) is 24.9 Å². The summed E-state index contributed by atoms with van der Waals surface area (Å²) in [5.74, 6) is -0.874. The smallest absolute Gasteiger partial charge is 0.347 e. The fraction of sp³-hybridized carbons (Fsp3) is 0.351. The zero-order chi connectivity index (χ0) is 38.4. The number of hydrogen-bond acceptors (Lipinski definition) is 15. The summed E-state index contributed by atoms with van der Waals surface area (Å²) in [5, 5.41) is 33.1. The molecule has 0 amide bonds. The van der Waals surface area contributed by atoms with Crippen LogP contribution in [0.15, 0.2) is 54.6 Å². The molecule has 3 atom stereocenters. The Morgan fingerprint density at radius 2 is 0.942 bits per heavy atom. The monoisotopic (exact) mass is 721 g/mol. The molecule has 3 N–H and O–H groups in total. The van der Waals surface area contributed by atoms with E-state index >= 15 is 0 Å². The van der Waals surface area contributed by atoms with Crippen LogP contribution in [0.4, 0.5) is 0 Å². The molecular weight excluding hydrogens is 678 g/mol. The summed E-state index contributed by atoms with van der Waals surface area (Å²) in [6, 6.07) is 13.5. The Balaban J connectivity index is 0.00000173. The summed E-state index contributed by atoms with van der Waals surface area (Å²) in [6.45, 7) is 7.79. The largest absolute Gasteiger partial charge is 0.507 e. The summed E-state index contributed by atoms with van der Waals surface area (Å²) in [5.41, 5.74) is 0.596. The molecule has 0 radical (unpaired) electrons. The summed E-state index contributed by atoms with van der Waals surface area (Å²) in [6.07, 6.45) is -0.366. The second-order valence-electron chi connectivity index (χ2n) is 11.1. The first-order chi connectivity index (χ1) is 24.9. The van der Waals surface area contributed by atoms with Crippen molar-refractivity contribution in [2.24, 2.45) is 0 Å². The maximum Gasteiger partial charge on any atom is 0.347 e. The minimum atomic E-state index is -0.874. The molecule has 0 aliphatic heterocycles. The van der Waals surface area contributed by atoms with Crippen molar-refractivity contribution in [3.63, 3.8) is 0 Å². The first kappa shape index (κ1) is 40.3. The van der Waals surface area contributed by atoms with Gasteiger partial charge >= 0.3 is 11.9 Å². The Kier molecular flexibility index (Phi) is 15.0. The molecule has 0 spiro atoms. The van der Waals surface area contributed by atoms with Gasteiger partial charge in [0.1, 0.15) is 34.5 Å². The average molecular weight is 722 g/mol. The van der Waals surface area contributed by atoms with Gasteiger partial charge in [-0.2, -0.15) is 0 Å². The molecule has 0 bridgehead atoms. The van der Waals surface area contributed by atoms with Gasteiger partial charge in [0.15, 0.2) is 29.7 Å². The third kappa shape index (κ3) is 10.4. The van der Waals surface area contributed by atoms with Crippen LogP contribution in [0.2, 0.25) is 0 Å². The first-order valence-electron chi connectivity index (χ1n) is 16.3. The van der Waals surface area contributed by atoms with Crippen molar-refractivity contribution in [1.29, 1.82) is 0 Å². The van der Waals surface area contributed by atoms with E-state index in [2.05, 4.69) is 19.7 Å². The Bertz CT molecular complexity index is 1740. The highest BCUT2D eigenvalue weighted by Gasteiger charge is 2.23. The van der Waals surface area contributed by atoms with Gasteiger partial charge in [-0.15, -0.1) is 0 Å². The van der Waals surface area contributed by atoms with E-state index in [1.165, 1.54) is 63.8 Å². The standard InChI is InChI=1S/C35H39N3O10.C2H4O2/c1-7-19(4)46-20-10-13-23(26(39)16-20)31-36-32(24-14-11-21(17-27(24)40)47-29(8-2)34(42)44-5)38-33(37-31)25-15-12-22(18-28(25)41)48-30(9-3)35(43)45-6;1-4-2-3/h10-19,29-30,39-41H,7-9H2,1-6H3;2H,1H3. The van der Waals surface area contributed by atoms with E-state index in [1.807, 2.05) is 13.8 Å². The molecule has 15 nitrogen and oxygen atoms in total. The second kappa shape index (κ2) is 19.3. The van der Waals surface area contributed by atoms with Gasteiger partial charge in [0.2, 0.25) is 0 Å². The molecule has 4 aromatic rings. The predicted molar refractivity (Wildman–Crippen MR) is 188 cm³/mol. The Hall–Kier alpha value is -6.12. The van der Waals surface area contributed by atoms with Crippen molar-refractivity contribution in [3.8, 4) is 68.7 Å². The van der Waals surface area contributed by atoms with Gasteiger partial charge in [-0.3, -0.25) is 4.79 Å². The molecule has 0 saturated heterocycles. The van der Waals surface area contributed by atoms with Crippen LogP contribution in [0.5, 0.6) is 34.5 Å². The number of carbonyl (C=O) groups is 3. The number of rotatable bonds is 15. The van der Waals surface area contributed by atoms with E-state index in [1.54, 1.807) is 26.0 Å². The molecule has 0 saturated carbocycles. The molecule has 4 rings (SSSR count). The number of hydrogen-bond donors (Lipinski definition) is 3. The van der Waals surface area contributed by atoms with Crippen molar-refractivity contribution in [3.05, 3.63) is 54.6 Å².